The molecule has 2 aromatic carbocycles. The van der Waals surface area contributed by atoms with E-state index in [4.69, 9.17) is 5.73 Å². The molecule has 1 nitrogen and oxygen atoms in total. The summed E-state index contributed by atoms with van der Waals surface area (Å²) >= 11 is 0. The summed E-state index contributed by atoms with van der Waals surface area (Å²) in [5.41, 5.74) is 7.50. The van der Waals surface area contributed by atoms with Gasteiger partial charge in [-0.3, -0.25) is 0 Å². The van der Waals surface area contributed by atoms with Gasteiger partial charge in [0, 0.05) is 6.04 Å². The molecule has 106 valence electrons. The van der Waals surface area contributed by atoms with E-state index in [2.05, 4.69) is 0 Å². The van der Waals surface area contributed by atoms with E-state index in [9.17, 15) is 17.6 Å². The number of rotatable bonds is 3. The largest absolute Gasteiger partial charge is 0.324 e. The normalized spacial score (nSPS) is 12.5. The van der Waals surface area contributed by atoms with Gasteiger partial charge in [0.05, 0.1) is 0 Å². The lowest BCUT2D eigenvalue weighted by atomic mass is 9.96. The summed E-state index contributed by atoms with van der Waals surface area (Å²) in [6.07, 6.45) is 0.274. The molecular formula is C15H13F4N. The van der Waals surface area contributed by atoms with E-state index in [1.54, 1.807) is 13.0 Å². The first-order valence-corrected chi connectivity index (χ1v) is 6.03. The van der Waals surface area contributed by atoms with E-state index in [0.717, 1.165) is 17.7 Å². The molecule has 0 aliphatic heterocycles. The Bertz CT molecular complexity index is 617. The third-order valence-corrected chi connectivity index (χ3v) is 3.18. The van der Waals surface area contributed by atoms with Crippen molar-refractivity contribution in [2.24, 2.45) is 5.73 Å². The van der Waals surface area contributed by atoms with Crippen molar-refractivity contribution in [1.29, 1.82) is 0 Å². The number of hydrogen-bond donors (Lipinski definition) is 1. The van der Waals surface area contributed by atoms with Crippen molar-refractivity contribution in [3.05, 3.63) is 70.3 Å². The zero-order valence-electron chi connectivity index (χ0n) is 10.8. The maximum atomic E-state index is 13.2. The summed E-state index contributed by atoms with van der Waals surface area (Å²) in [5, 5.41) is 0. The molecule has 2 aromatic rings. The highest BCUT2D eigenvalue weighted by molar-refractivity contribution is 5.30. The van der Waals surface area contributed by atoms with E-state index in [-0.39, 0.29) is 17.8 Å². The van der Waals surface area contributed by atoms with E-state index in [1.165, 1.54) is 12.1 Å². The van der Waals surface area contributed by atoms with Crippen LogP contribution in [-0.2, 0) is 6.42 Å². The molecule has 0 aromatic heterocycles. The van der Waals surface area contributed by atoms with Gasteiger partial charge < -0.3 is 5.73 Å². The van der Waals surface area contributed by atoms with Crippen LogP contribution in [0.15, 0.2) is 30.3 Å². The van der Waals surface area contributed by atoms with Gasteiger partial charge in [0.2, 0.25) is 0 Å². The maximum absolute atomic E-state index is 13.2. The lowest BCUT2D eigenvalue weighted by molar-refractivity contribution is 0.443. The van der Waals surface area contributed by atoms with Crippen molar-refractivity contribution >= 4 is 0 Å². The summed E-state index contributed by atoms with van der Waals surface area (Å²) in [4.78, 5) is 0. The Morgan fingerprint density at radius 2 is 1.60 bits per heavy atom. The average molecular weight is 283 g/mol. The molecule has 0 saturated carbocycles. The molecular weight excluding hydrogens is 270 g/mol. The van der Waals surface area contributed by atoms with Crippen LogP contribution in [0.2, 0.25) is 0 Å². The lowest BCUT2D eigenvalue weighted by Crippen LogP contribution is -2.15. The van der Waals surface area contributed by atoms with Crippen molar-refractivity contribution in [2.45, 2.75) is 19.4 Å². The molecule has 0 spiro atoms. The van der Waals surface area contributed by atoms with Gasteiger partial charge in [-0.15, -0.1) is 0 Å². The standard InChI is InChI=1S/C15H13F4N/c1-8-4-11(16)3-2-9(8)7-14(20)10-5-12(17)15(19)13(18)6-10/h2-6,14H,7,20H2,1H3. The first-order chi connectivity index (χ1) is 9.38. The van der Waals surface area contributed by atoms with Crippen molar-refractivity contribution in [2.75, 3.05) is 0 Å². The van der Waals surface area contributed by atoms with E-state index in [1.807, 2.05) is 0 Å². The fraction of sp³-hybridized carbons (Fsp3) is 0.200. The Balaban J connectivity index is 2.26. The Kier molecular flexibility index (Phi) is 4.09. The predicted octanol–water partition coefficient (Wildman–Crippen LogP) is 3.79. The minimum absolute atomic E-state index is 0.158. The number of hydrogen-bond acceptors (Lipinski definition) is 1. The Morgan fingerprint density at radius 1 is 1.00 bits per heavy atom. The summed E-state index contributed by atoms with van der Waals surface area (Å²) in [5.74, 6) is -4.42. The van der Waals surface area contributed by atoms with Crippen molar-refractivity contribution in [3.8, 4) is 0 Å². The number of benzene rings is 2. The van der Waals surface area contributed by atoms with Gasteiger partial charge in [0.1, 0.15) is 5.82 Å². The number of nitrogens with two attached hydrogens (primary N) is 1. The maximum Gasteiger partial charge on any atom is 0.194 e. The second-order valence-corrected chi connectivity index (χ2v) is 4.68. The van der Waals surface area contributed by atoms with Crippen molar-refractivity contribution in [3.63, 3.8) is 0 Å². The van der Waals surface area contributed by atoms with E-state index < -0.39 is 23.5 Å². The molecule has 20 heavy (non-hydrogen) atoms. The molecule has 0 fully saturated rings. The van der Waals surface area contributed by atoms with Gasteiger partial charge in [-0.2, -0.15) is 0 Å². The highest BCUT2D eigenvalue weighted by atomic mass is 19.2. The molecule has 0 radical (unpaired) electrons. The zero-order valence-corrected chi connectivity index (χ0v) is 10.8. The van der Waals surface area contributed by atoms with E-state index in [0.29, 0.717) is 5.56 Å². The molecule has 1 atom stereocenters. The highest BCUT2D eigenvalue weighted by Crippen LogP contribution is 2.22. The van der Waals surface area contributed by atoms with Gasteiger partial charge >= 0.3 is 0 Å². The van der Waals surface area contributed by atoms with Crippen molar-refractivity contribution < 1.29 is 17.6 Å². The van der Waals surface area contributed by atoms with Crippen LogP contribution >= 0.6 is 0 Å². The van der Waals surface area contributed by atoms with E-state index >= 15 is 0 Å². The van der Waals surface area contributed by atoms with Gasteiger partial charge in [-0.05, 0) is 54.3 Å². The molecule has 0 amide bonds. The Morgan fingerprint density at radius 3 is 2.15 bits per heavy atom. The molecule has 0 bridgehead atoms. The van der Waals surface area contributed by atoms with Crippen LogP contribution in [0, 0.1) is 30.2 Å². The van der Waals surface area contributed by atoms with Crippen LogP contribution in [0.5, 0.6) is 0 Å². The molecule has 0 heterocycles. The number of halogens is 4. The Hall–Kier alpha value is -1.88. The van der Waals surface area contributed by atoms with Crippen LogP contribution in [-0.4, -0.2) is 0 Å². The first kappa shape index (κ1) is 14.5. The summed E-state index contributed by atoms with van der Waals surface area (Å²) < 4.78 is 52.2. The van der Waals surface area contributed by atoms with Crippen molar-refractivity contribution in [1.82, 2.24) is 0 Å². The van der Waals surface area contributed by atoms with Gasteiger partial charge in [-0.1, -0.05) is 6.07 Å². The fourth-order valence-electron chi connectivity index (χ4n) is 2.03. The Labute approximate surface area is 114 Å². The molecule has 2 N–H and O–H groups in total. The van der Waals surface area contributed by atoms with Crippen LogP contribution < -0.4 is 5.73 Å². The smallest absolute Gasteiger partial charge is 0.194 e. The van der Waals surface area contributed by atoms with Crippen LogP contribution in [0.4, 0.5) is 17.6 Å². The quantitative estimate of drug-likeness (QED) is 0.673. The van der Waals surface area contributed by atoms with Gasteiger partial charge in [-0.25, -0.2) is 17.6 Å². The van der Waals surface area contributed by atoms with Gasteiger partial charge in [0.15, 0.2) is 17.5 Å². The second kappa shape index (κ2) is 5.63. The average Bonchev–Trinajstić information content (AvgIpc) is 2.38. The SMILES string of the molecule is Cc1cc(F)ccc1CC(N)c1cc(F)c(F)c(F)c1. The van der Waals surface area contributed by atoms with Gasteiger partial charge in [0.25, 0.3) is 0 Å². The summed E-state index contributed by atoms with van der Waals surface area (Å²) in [6.45, 7) is 1.72. The first-order valence-electron chi connectivity index (χ1n) is 6.03. The molecule has 5 heteroatoms. The monoisotopic (exact) mass is 283 g/mol. The zero-order chi connectivity index (χ0) is 14.9. The third-order valence-electron chi connectivity index (χ3n) is 3.18. The highest BCUT2D eigenvalue weighted by Gasteiger charge is 2.15. The second-order valence-electron chi connectivity index (χ2n) is 4.68. The summed E-state index contributed by atoms with van der Waals surface area (Å²) in [7, 11) is 0. The molecule has 1 unspecified atom stereocenters. The third kappa shape index (κ3) is 2.99. The topological polar surface area (TPSA) is 26.0 Å². The molecule has 0 aliphatic carbocycles. The molecule has 2 rings (SSSR count). The predicted molar refractivity (Wildman–Crippen MR) is 68.1 cm³/mol. The van der Waals surface area contributed by atoms with Crippen LogP contribution in [0.25, 0.3) is 0 Å². The fourth-order valence-corrected chi connectivity index (χ4v) is 2.03. The molecule has 0 aliphatic rings. The molecule has 0 saturated heterocycles. The minimum Gasteiger partial charge on any atom is -0.324 e. The van der Waals surface area contributed by atoms with Crippen LogP contribution in [0.1, 0.15) is 22.7 Å². The minimum atomic E-state index is -1.51. The lowest BCUT2D eigenvalue weighted by Gasteiger charge is -2.14. The number of aryl methyl sites for hydroxylation is 1. The van der Waals surface area contributed by atoms with Crippen LogP contribution in [0.3, 0.4) is 0 Å². The summed E-state index contributed by atoms with van der Waals surface area (Å²) in [6, 6.07) is 5.27.